The summed E-state index contributed by atoms with van der Waals surface area (Å²) in [5.74, 6) is -0.546. The number of hydrogen-bond donors (Lipinski definition) is 1. The van der Waals surface area contributed by atoms with Gasteiger partial charge in [0, 0.05) is 5.56 Å². The quantitative estimate of drug-likeness (QED) is 0.869. The van der Waals surface area contributed by atoms with E-state index in [9.17, 15) is 14.0 Å². The summed E-state index contributed by atoms with van der Waals surface area (Å²) in [6.45, 7) is 0.115. The molecule has 0 heterocycles. The smallest absolute Gasteiger partial charge is 0.411 e. The van der Waals surface area contributed by atoms with Crippen molar-refractivity contribution in [3.63, 3.8) is 0 Å². The number of hydrogen-bond acceptors (Lipinski definition) is 3. The molecule has 0 saturated heterocycles. The molecule has 102 valence electrons. The van der Waals surface area contributed by atoms with E-state index in [-0.39, 0.29) is 17.9 Å². The molecule has 0 aliphatic heterocycles. The van der Waals surface area contributed by atoms with Crippen LogP contribution in [0.2, 0.25) is 0 Å². The Morgan fingerprint density at radius 3 is 2.65 bits per heavy atom. The maximum atomic E-state index is 12.9. The van der Waals surface area contributed by atoms with Crippen LogP contribution < -0.4 is 5.32 Å². The zero-order chi connectivity index (χ0) is 14.4. The molecule has 20 heavy (non-hydrogen) atoms. The lowest BCUT2D eigenvalue weighted by atomic mass is 10.2. The minimum absolute atomic E-state index is 0.0571. The standard InChI is InChI=1S/C15H12FNO3/c16-13-6-7-14(12(8-13)9-18)17-15(19)20-10-11-4-2-1-3-5-11/h1-9H,10H2,(H,17,19). The summed E-state index contributed by atoms with van der Waals surface area (Å²) in [5.41, 5.74) is 1.11. The van der Waals surface area contributed by atoms with Gasteiger partial charge in [0.05, 0.1) is 5.69 Å². The highest BCUT2D eigenvalue weighted by Gasteiger charge is 2.08. The molecule has 0 saturated carbocycles. The van der Waals surface area contributed by atoms with Crippen molar-refractivity contribution >= 4 is 18.1 Å². The molecule has 0 atom stereocenters. The first-order chi connectivity index (χ1) is 9.69. The van der Waals surface area contributed by atoms with Gasteiger partial charge < -0.3 is 4.74 Å². The van der Waals surface area contributed by atoms with Crippen molar-refractivity contribution in [1.29, 1.82) is 0 Å². The van der Waals surface area contributed by atoms with E-state index in [1.165, 1.54) is 6.07 Å². The second-order valence-corrected chi connectivity index (χ2v) is 4.04. The summed E-state index contributed by atoms with van der Waals surface area (Å²) >= 11 is 0. The summed E-state index contributed by atoms with van der Waals surface area (Å²) in [5, 5.41) is 2.40. The van der Waals surface area contributed by atoms with Gasteiger partial charge in [-0.25, -0.2) is 9.18 Å². The van der Waals surface area contributed by atoms with E-state index in [4.69, 9.17) is 4.74 Å². The number of nitrogens with one attached hydrogen (secondary N) is 1. The molecule has 1 N–H and O–H groups in total. The second kappa shape index (κ2) is 6.47. The maximum absolute atomic E-state index is 12.9. The third-order valence-electron chi connectivity index (χ3n) is 2.59. The maximum Gasteiger partial charge on any atom is 0.411 e. The molecule has 0 aliphatic carbocycles. The van der Waals surface area contributed by atoms with Crippen LogP contribution >= 0.6 is 0 Å². The Morgan fingerprint density at radius 1 is 1.20 bits per heavy atom. The first-order valence-electron chi connectivity index (χ1n) is 5.91. The molecule has 0 aromatic heterocycles. The molecule has 0 fully saturated rings. The molecule has 5 heteroatoms. The van der Waals surface area contributed by atoms with Gasteiger partial charge in [-0.05, 0) is 23.8 Å². The van der Waals surface area contributed by atoms with Gasteiger partial charge in [-0.15, -0.1) is 0 Å². The van der Waals surface area contributed by atoms with Crippen LogP contribution in [-0.4, -0.2) is 12.4 Å². The zero-order valence-corrected chi connectivity index (χ0v) is 10.5. The van der Waals surface area contributed by atoms with E-state index >= 15 is 0 Å². The SMILES string of the molecule is O=Cc1cc(F)ccc1NC(=O)OCc1ccccc1. The van der Waals surface area contributed by atoms with Crippen molar-refractivity contribution in [1.82, 2.24) is 0 Å². The van der Waals surface area contributed by atoms with E-state index in [1.807, 2.05) is 30.3 Å². The van der Waals surface area contributed by atoms with Crippen LogP contribution in [-0.2, 0) is 11.3 Å². The van der Waals surface area contributed by atoms with Crippen LogP contribution in [0.15, 0.2) is 48.5 Å². The third kappa shape index (κ3) is 3.65. The topological polar surface area (TPSA) is 55.4 Å². The van der Waals surface area contributed by atoms with E-state index in [0.29, 0.717) is 6.29 Å². The molecule has 4 nitrogen and oxygen atoms in total. The highest BCUT2D eigenvalue weighted by atomic mass is 19.1. The van der Waals surface area contributed by atoms with E-state index in [2.05, 4.69) is 5.32 Å². The largest absolute Gasteiger partial charge is 0.444 e. The fraction of sp³-hybridized carbons (Fsp3) is 0.0667. The Morgan fingerprint density at radius 2 is 1.95 bits per heavy atom. The van der Waals surface area contributed by atoms with Crippen LogP contribution in [0, 0.1) is 5.82 Å². The highest BCUT2D eigenvalue weighted by molar-refractivity contribution is 5.93. The minimum Gasteiger partial charge on any atom is -0.444 e. The van der Waals surface area contributed by atoms with Crippen molar-refractivity contribution in [2.75, 3.05) is 5.32 Å². The average molecular weight is 273 g/mol. The lowest BCUT2D eigenvalue weighted by Crippen LogP contribution is -2.14. The number of ether oxygens (including phenoxy) is 1. The lowest BCUT2D eigenvalue weighted by Gasteiger charge is -2.08. The number of aldehydes is 1. The van der Waals surface area contributed by atoms with Crippen LogP contribution in [0.3, 0.4) is 0 Å². The van der Waals surface area contributed by atoms with E-state index < -0.39 is 11.9 Å². The molecule has 2 aromatic rings. The van der Waals surface area contributed by atoms with Crippen molar-refractivity contribution in [3.8, 4) is 0 Å². The van der Waals surface area contributed by atoms with Gasteiger partial charge in [0.1, 0.15) is 12.4 Å². The summed E-state index contributed by atoms with van der Waals surface area (Å²) in [4.78, 5) is 22.4. The van der Waals surface area contributed by atoms with Gasteiger partial charge in [0.15, 0.2) is 6.29 Å². The van der Waals surface area contributed by atoms with Crippen molar-refractivity contribution in [3.05, 3.63) is 65.5 Å². The van der Waals surface area contributed by atoms with Crippen molar-refractivity contribution in [2.24, 2.45) is 0 Å². The monoisotopic (exact) mass is 273 g/mol. The summed E-state index contributed by atoms with van der Waals surface area (Å²) in [6.07, 6.45) is -0.237. The normalized spacial score (nSPS) is 9.85. The van der Waals surface area contributed by atoms with Gasteiger partial charge >= 0.3 is 6.09 Å². The fourth-order valence-electron chi connectivity index (χ4n) is 1.61. The van der Waals surface area contributed by atoms with Crippen LogP contribution in [0.4, 0.5) is 14.9 Å². The molecule has 0 aliphatic rings. The van der Waals surface area contributed by atoms with Crippen LogP contribution in [0.25, 0.3) is 0 Å². The Labute approximate surface area is 115 Å². The van der Waals surface area contributed by atoms with Crippen LogP contribution in [0.1, 0.15) is 15.9 Å². The number of halogens is 1. The minimum atomic E-state index is -0.705. The number of amides is 1. The van der Waals surface area contributed by atoms with Crippen LogP contribution in [0.5, 0.6) is 0 Å². The third-order valence-corrected chi connectivity index (χ3v) is 2.59. The number of rotatable bonds is 4. The Balaban J connectivity index is 1.96. The number of carbonyl (C=O) groups is 2. The highest BCUT2D eigenvalue weighted by Crippen LogP contribution is 2.15. The molecular weight excluding hydrogens is 261 g/mol. The molecule has 1 amide bonds. The number of anilines is 1. The van der Waals surface area contributed by atoms with Gasteiger partial charge in [-0.3, -0.25) is 10.1 Å². The molecule has 0 unspecified atom stereocenters. The van der Waals surface area contributed by atoms with E-state index in [0.717, 1.165) is 17.7 Å². The van der Waals surface area contributed by atoms with Crippen molar-refractivity contribution < 1.29 is 18.7 Å². The first kappa shape index (κ1) is 13.7. The molecule has 0 bridgehead atoms. The lowest BCUT2D eigenvalue weighted by molar-refractivity contribution is 0.112. The summed E-state index contributed by atoms with van der Waals surface area (Å²) in [7, 11) is 0. The summed E-state index contributed by atoms with van der Waals surface area (Å²) in [6, 6.07) is 12.7. The number of benzene rings is 2. The van der Waals surface area contributed by atoms with Gasteiger partial charge in [-0.1, -0.05) is 30.3 Å². The number of carbonyl (C=O) groups excluding carboxylic acids is 2. The predicted molar refractivity (Wildman–Crippen MR) is 72.0 cm³/mol. The summed E-state index contributed by atoms with van der Waals surface area (Å²) < 4.78 is 17.9. The fourth-order valence-corrected chi connectivity index (χ4v) is 1.61. The second-order valence-electron chi connectivity index (χ2n) is 4.04. The Bertz CT molecular complexity index is 614. The first-order valence-corrected chi connectivity index (χ1v) is 5.91. The van der Waals surface area contributed by atoms with Gasteiger partial charge in [-0.2, -0.15) is 0 Å². The molecule has 0 radical (unpaired) electrons. The van der Waals surface area contributed by atoms with Crippen molar-refractivity contribution in [2.45, 2.75) is 6.61 Å². The van der Waals surface area contributed by atoms with E-state index in [1.54, 1.807) is 0 Å². The Kier molecular flexibility index (Phi) is 4.44. The van der Waals surface area contributed by atoms with Gasteiger partial charge in [0.25, 0.3) is 0 Å². The predicted octanol–water partition coefficient (Wildman–Crippen LogP) is 3.39. The zero-order valence-electron chi connectivity index (χ0n) is 10.5. The molecule has 2 aromatic carbocycles. The Hall–Kier alpha value is -2.69. The van der Waals surface area contributed by atoms with Gasteiger partial charge in [0.2, 0.25) is 0 Å². The molecular formula is C15H12FNO3. The molecule has 2 rings (SSSR count). The average Bonchev–Trinajstić information content (AvgIpc) is 2.48. The molecule has 0 spiro atoms.